The maximum absolute atomic E-state index is 13.0. The van der Waals surface area contributed by atoms with Crippen LogP contribution in [0.4, 0.5) is 0 Å². The Morgan fingerprint density at radius 2 is 1.43 bits per heavy atom. The normalized spacial score (nSPS) is 14.1. The summed E-state index contributed by atoms with van der Waals surface area (Å²) in [5.41, 5.74) is 16.8. The number of carbonyl (C=O) groups is 5. The molecule has 0 saturated heterocycles. The number of carboxylic acid groups (broad SMARTS) is 1. The van der Waals surface area contributed by atoms with Gasteiger partial charge in [0.15, 0.2) is 0 Å². The molecule has 0 saturated carbocycles. The van der Waals surface area contributed by atoms with Crippen molar-refractivity contribution >= 4 is 29.6 Å². The Morgan fingerprint density at radius 1 is 0.857 bits per heavy atom. The zero-order chi connectivity index (χ0) is 26.4. The highest BCUT2D eigenvalue weighted by atomic mass is 16.4. The molecule has 0 aliphatic carbocycles. The van der Waals surface area contributed by atoms with Gasteiger partial charge in [-0.15, -0.1) is 0 Å². The molecule has 0 aliphatic heterocycles. The van der Waals surface area contributed by atoms with Gasteiger partial charge in [-0.25, -0.2) is 4.79 Å². The minimum Gasteiger partial charge on any atom is -0.480 e. The molecule has 0 aromatic heterocycles. The molecule has 0 aliphatic rings. The highest BCUT2D eigenvalue weighted by Crippen LogP contribution is 2.06. The van der Waals surface area contributed by atoms with Crippen molar-refractivity contribution in [3.63, 3.8) is 0 Å². The zero-order valence-electron chi connectivity index (χ0n) is 19.3. The number of aliphatic hydroxyl groups is 1. The molecule has 194 valence electrons. The van der Waals surface area contributed by atoms with Crippen molar-refractivity contribution < 1.29 is 34.2 Å². The van der Waals surface area contributed by atoms with Gasteiger partial charge < -0.3 is 43.4 Å². The van der Waals surface area contributed by atoms with Crippen molar-refractivity contribution in [1.29, 1.82) is 0 Å². The SMILES string of the molecule is NCCCCC(NC(=O)C(CC(N)=O)NC(=O)C(Cc1ccccc1)NC(=O)C(N)CO)C(=O)O. The van der Waals surface area contributed by atoms with Crippen molar-refractivity contribution in [3.8, 4) is 0 Å². The number of aliphatic hydroxyl groups excluding tert-OH is 1. The minimum atomic E-state index is -1.49. The lowest BCUT2D eigenvalue weighted by atomic mass is 10.0. The van der Waals surface area contributed by atoms with E-state index >= 15 is 0 Å². The standard InChI is InChI=1S/C22H34N6O7/c23-9-5-4-8-15(22(34)35)26-21(33)17(11-18(25)30)28-20(32)16(27-19(31)14(24)12-29)10-13-6-2-1-3-7-13/h1-3,6-7,14-17,29H,4-5,8-12,23-24H2,(H2,25,30)(H,26,33)(H,27,31)(H,28,32)(H,34,35). The fraction of sp³-hybridized carbons (Fsp3) is 0.500. The third kappa shape index (κ3) is 10.9. The summed E-state index contributed by atoms with van der Waals surface area (Å²) in [6.07, 6.45) is 0.503. The van der Waals surface area contributed by atoms with Crippen LogP contribution in [0, 0.1) is 0 Å². The van der Waals surface area contributed by atoms with E-state index in [-0.39, 0.29) is 12.8 Å². The van der Waals surface area contributed by atoms with Crippen LogP contribution in [0.3, 0.4) is 0 Å². The summed E-state index contributed by atoms with van der Waals surface area (Å²) in [4.78, 5) is 61.1. The van der Waals surface area contributed by atoms with Gasteiger partial charge in [0.2, 0.25) is 23.6 Å². The quantitative estimate of drug-likeness (QED) is 0.110. The van der Waals surface area contributed by atoms with Gasteiger partial charge in [0.05, 0.1) is 13.0 Å². The van der Waals surface area contributed by atoms with Gasteiger partial charge in [0.25, 0.3) is 0 Å². The number of primary amides is 1. The number of carbonyl (C=O) groups excluding carboxylic acids is 4. The van der Waals surface area contributed by atoms with Gasteiger partial charge in [-0.1, -0.05) is 30.3 Å². The molecule has 35 heavy (non-hydrogen) atoms. The first-order valence-electron chi connectivity index (χ1n) is 11.1. The monoisotopic (exact) mass is 494 g/mol. The summed E-state index contributed by atoms with van der Waals surface area (Å²) in [6, 6.07) is 3.40. The molecule has 11 N–H and O–H groups in total. The average molecular weight is 495 g/mol. The molecule has 0 spiro atoms. The molecule has 4 atom stereocenters. The van der Waals surface area contributed by atoms with Crippen molar-refractivity contribution in [2.24, 2.45) is 17.2 Å². The Hall–Kier alpha value is -3.55. The molecular formula is C22H34N6O7. The second kappa shape index (κ2) is 15.4. The van der Waals surface area contributed by atoms with E-state index in [9.17, 15) is 29.1 Å². The fourth-order valence-corrected chi connectivity index (χ4v) is 3.13. The van der Waals surface area contributed by atoms with Gasteiger partial charge in [0, 0.05) is 6.42 Å². The third-order valence-corrected chi connectivity index (χ3v) is 5.05. The number of nitrogens with two attached hydrogens (primary N) is 3. The predicted molar refractivity (Wildman–Crippen MR) is 125 cm³/mol. The molecule has 0 heterocycles. The molecule has 13 nitrogen and oxygen atoms in total. The van der Waals surface area contributed by atoms with Crippen LogP contribution in [-0.2, 0) is 30.4 Å². The number of aliphatic carboxylic acids is 1. The number of hydrogen-bond donors (Lipinski definition) is 8. The Bertz CT molecular complexity index is 867. The smallest absolute Gasteiger partial charge is 0.326 e. The summed E-state index contributed by atoms with van der Waals surface area (Å²) in [6.45, 7) is -0.298. The molecular weight excluding hydrogens is 460 g/mol. The van der Waals surface area contributed by atoms with E-state index in [4.69, 9.17) is 22.3 Å². The van der Waals surface area contributed by atoms with Gasteiger partial charge >= 0.3 is 5.97 Å². The molecule has 1 rings (SSSR count). The Kier molecular flexibility index (Phi) is 12.9. The lowest BCUT2D eigenvalue weighted by molar-refractivity contribution is -0.142. The van der Waals surface area contributed by atoms with E-state index in [1.807, 2.05) is 0 Å². The number of unbranched alkanes of at least 4 members (excludes halogenated alkanes) is 1. The second-order valence-corrected chi connectivity index (χ2v) is 7.96. The maximum Gasteiger partial charge on any atom is 0.326 e. The van der Waals surface area contributed by atoms with E-state index in [0.717, 1.165) is 0 Å². The molecule has 1 aromatic carbocycles. The highest BCUT2D eigenvalue weighted by molar-refractivity contribution is 5.96. The van der Waals surface area contributed by atoms with Crippen LogP contribution >= 0.6 is 0 Å². The lowest BCUT2D eigenvalue weighted by Gasteiger charge is -2.24. The van der Waals surface area contributed by atoms with Crippen LogP contribution in [0.5, 0.6) is 0 Å². The summed E-state index contributed by atoms with van der Waals surface area (Å²) >= 11 is 0. The van der Waals surface area contributed by atoms with Gasteiger partial charge in [-0.2, -0.15) is 0 Å². The third-order valence-electron chi connectivity index (χ3n) is 5.05. The first kappa shape index (κ1) is 29.5. The predicted octanol–water partition coefficient (Wildman–Crippen LogP) is -2.91. The van der Waals surface area contributed by atoms with Crippen LogP contribution in [0.25, 0.3) is 0 Å². The van der Waals surface area contributed by atoms with E-state index in [1.165, 1.54) is 0 Å². The summed E-state index contributed by atoms with van der Waals surface area (Å²) in [7, 11) is 0. The number of amides is 4. The van der Waals surface area contributed by atoms with E-state index in [0.29, 0.717) is 24.9 Å². The van der Waals surface area contributed by atoms with Crippen molar-refractivity contribution in [2.75, 3.05) is 13.2 Å². The van der Waals surface area contributed by atoms with E-state index < -0.39 is 66.8 Å². The lowest BCUT2D eigenvalue weighted by Crippen LogP contribution is -2.58. The van der Waals surface area contributed by atoms with Gasteiger partial charge in [-0.05, 0) is 31.4 Å². The Labute approximate surface area is 202 Å². The largest absolute Gasteiger partial charge is 0.480 e. The number of hydrogen-bond acceptors (Lipinski definition) is 8. The first-order valence-corrected chi connectivity index (χ1v) is 11.1. The number of nitrogens with one attached hydrogen (secondary N) is 3. The van der Waals surface area contributed by atoms with Crippen LogP contribution in [-0.4, -0.2) is 77.1 Å². The van der Waals surface area contributed by atoms with Crippen molar-refractivity contribution in [1.82, 2.24) is 16.0 Å². The maximum atomic E-state index is 13.0. The summed E-state index contributed by atoms with van der Waals surface area (Å²) < 4.78 is 0. The first-order chi connectivity index (χ1) is 16.6. The fourth-order valence-electron chi connectivity index (χ4n) is 3.13. The molecule has 4 amide bonds. The highest BCUT2D eigenvalue weighted by Gasteiger charge is 2.31. The minimum absolute atomic E-state index is 0.0122. The number of benzene rings is 1. The average Bonchev–Trinajstić information content (AvgIpc) is 2.82. The molecule has 4 unspecified atom stereocenters. The molecule has 0 radical (unpaired) electrons. The van der Waals surface area contributed by atoms with Gasteiger partial charge in [0.1, 0.15) is 24.2 Å². The van der Waals surface area contributed by atoms with Crippen LogP contribution < -0.4 is 33.2 Å². The van der Waals surface area contributed by atoms with E-state index in [2.05, 4.69) is 16.0 Å². The number of carboxylic acids is 1. The molecule has 0 fully saturated rings. The summed E-state index contributed by atoms with van der Waals surface area (Å²) in [5, 5.41) is 25.6. The molecule has 13 heteroatoms. The Balaban J connectivity index is 3.04. The zero-order valence-corrected chi connectivity index (χ0v) is 19.3. The van der Waals surface area contributed by atoms with E-state index in [1.54, 1.807) is 30.3 Å². The molecule has 0 bridgehead atoms. The summed E-state index contributed by atoms with van der Waals surface area (Å²) in [5.74, 6) is -4.75. The van der Waals surface area contributed by atoms with Crippen molar-refractivity contribution in [2.45, 2.75) is 56.3 Å². The van der Waals surface area contributed by atoms with Crippen molar-refractivity contribution in [3.05, 3.63) is 35.9 Å². The topological polar surface area (TPSA) is 240 Å². The van der Waals surface area contributed by atoms with Crippen LogP contribution in [0.2, 0.25) is 0 Å². The van der Waals surface area contributed by atoms with Crippen LogP contribution in [0.1, 0.15) is 31.2 Å². The molecule has 1 aromatic rings. The second-order valence-electron chi connectivity index (χ2n) is 7.96. The Morgan fingerprint density at radius 3 is 1.97 bits per heavy atom. The number of rotatable bonds is 16. The van der Waals surface area contributed by atoms with Crippen LogP contribution in [0.15, 0.2) is 30.3 Å². The van der Waals surface area contributed by atoms with Gasteiger partial charge in [-0.3, -0.25) is 19.2 Å².